The maximum absolute atomic E-state index is 13.1. The minimum Gasteiger partial charge on any atom is -0.364 e. The number of piperazine rings is 1. The summed E-state index contributed by atoms with van der Waals surface area (Å²) in [5.41, 5.74) is 1.90. The number of amides is 1. The summed E-state index contributed by atoms with van der Waals surface area (Å²) in [6, 6.07) is 4.94. The third-order valence-electron chi connectivity index (χ3n) is 5.80. The fourth-order valence-corrected chi connectivity index (χ4v) is 4.32. The Balaban J connectivity index is 1.66. The van der Waals surface area contributed by atoms with Crippen LogP contribution in [0.3, 0.4) is 0 Å². The van der Waals surface area contributed by atoms with Gasteiger partial charge in [-0.05, 0) is 24.0 Å². The van der Waals surface area contributed by atoms with E-state index in [1.807, 2.05) is 6.07 Å². The zero-order chi connectivity index (χ0) is 21.3. The molecule has 1 saturated heterocycles. The second kappa shape index (κ2) is 8.25. The Kier molecular flexibility index (Phi) is 5.52. The van der Waals surface area contributed by atoms with Crippen LogP contribution in [-0.4, -0.2) is 53.0 Å². The lowest BCUT2D eigenvalue weighted by atomic mass is 9.83. The van der Waals surface area contributed by atoms with E-state index in [1.54, 1.807) is 30.7 Å². The quantitative estimate of drug-likeness (QED) is 0.594. The predicted molar refractivity (Wildman–Crippen MR) is 114 cm³/mol. The smallest absolute Gasteiger partial charge is 0.269 e. The summed E-state index contributed by atoms with van der Waals surface area (Å²) >= 11 is 0. The molecule has 1 fully saturated rings. The maximum atomic E-state index is 13.1. The van der Waals surface area contributed by atoms with Gasteiger partial charge in [-0.25, -0.2) is 4.98 Å². The molecule has 1 amide bonds. The summed E-state index contributed by atoms with van der Waals surface area (Å²) in [6.07, 6.45) is 5.54. The number of hydrogen-bond acceptors (Lipinski definition) is 7. The van der Waals surface area contributed by atoms with Crippen molar-refractivity contribution in [3.63, 3.8) is 0 Å². The van der Waals surface area contributed by atoms with Gasteiger partial charge in [0, 0.05) is 56.4 Å². The zero-order valence-electron chi connectivity index (χ0n) is 17.2. The van der Waals surface area contributed by atoms with E-state index in [0.29, 0.717) is 32.0 Å². The first-order chi connectivity index (χ1) is 14.4. The minimum atomic E-state index is -0.383. The van der Waals surface area contributed by atoms with E-state index in [1.165, 1.54) is 0 Å². The summed E-state index contributed by atoms with van der Waals surface area (Å²) in [5.74, 6) is 0.854. The van der Waals surface area contributed by atoms with Gasteiger partial charge in [0.2, 0.25) is 5.91 Å². The molecule has 9 nitrogen and oxygen atoms in total. The molecule has 4 rings (SSSR count). The molecule has 30 heavy (non-hydrogen) atoms. The molecule has 2 atom stereocenters. The van der Waals surface area contributed by atoms with Gasteiger partial charge in [0.1, 0.15) is 5.82 Å². The highest BCUT2D eigenvalue weighted by Crippen LogP contribution is 2.38. The molecule has 2 aliphatic heterocycles. The van der Waals surface area contributed by atoms with Crippen molar-refractivity contribution in [3.05, 3.63) is 52.5 Å². The Hall–Kier alpha value is -3.23. The number of non-ortho nitro benzene ring substituents is 1. The monoisotopic (exact) mass is 410 g/mol. The first kappa shape index (κ1) is 20.1. The SMILES string of the molecule is CC(C)CNC(=O)C1Cc2cc([N+](=O)[O-])ccc2N2CCN(c3cnccn3)CC12. The number of carbonyl (C=O) groups is 1. The third kappa shape index (κ3) is 3.92. The highest BCUT2D eigenvalue weighted by Gasteiger charge is 2.42. The fourth-order valence-electron chi connectivity index (χ4n) is 4.32. The molecule has 2 aromatic rings. The molecule has 3 heterocycles. The largest absolute Gasteiger partial charge is 0.364 e. The number of rotatable bonds is 5. The number of nitrogens with zero attached hydrogens (tertiary/aromatic N) is 5. The fraction of sp³-hybridized carbons (Fsp3) is 0.476. The van der Waals surface area contributed by atoms with Crippen molar-refractivity contribution in [2.75, 3.05) is 36.0 Å². The number of hydrogen-bond donors (Lipinski definition) is 1. The Bertz CT molecular complexity index is 936. The molecule has 0 bridgehead atoms. The van der Waals surface area contributed by atoms with Gasteiger partial charge in [-0.3, -0.25) is 19.9 Å². The summed E-state index contributed by atoms with van der Waals surface area (Å²) in [6.45, 7) is 6.82. The maximum Gasteiger partial charge on any atom is 0.269 e. The van der Waals surface area contributed by atoms with Crippen molar-refractivity contribution in [2.45, 2.75) is 26.3 Å². The first-order valence-electron chi connectivity index (χ1n) is 10.3. The van der Waals surface area contributed by atoms with E-state index in [9.17, 15) is 14.9 Å². The van der Waals surface area contributed by atoms with Crippen LogP contribution in [0.25, 0.3) is 0 Å². The van der Waals surface area contributed by atoms with Gasteiger partial charge in [-0.2, -0.15) is 0 Å². The van der Waals surface area contributed by atoms with Crippen molar-refractivity contribution in [1.29, 1.82) is 0 Å². The van der Waals surface area contributed by atoms with Crippen LogP contribution >= 0.6 is 0 Å². The molecule has 158 valence electrons. The standard InChI is InChI=1S/C21H26N6O3/c1-14(2)11-24-21(28)17-10-15-9-16(27(29)30)3-4-18(15)26-8-7-25(13-19(17)26)20-12-22-5-6-23-20/h3-6,9,12,14,17,19H,7-8,10-11,13H2,1-2H3,(H,24,28). The number of carbonyl (C=O) groups excluding carboxylic acids is 1. The van der Waals surface area contributed by atoms with Crippen LogP contribution in [0.2, 0.25) is 0 Å². The van der Waals surface area contributed by atoms with Crippen LogP contribution in [0.1, 0.15) is 19.4 Å². The summed E-state index contributed by atoms with van der Waals surface area (Å²) < 4.78 is 0. The van der Waals surface area contributed by atoms with Gasteiger partial charge < -0.3 is 15.1 Å². The normalized spacial score (nSPS) is 20.5. The van der Waals surface area contributed by atoms with E-state index in [0.717, 1.165) is 23.6 Å². The average molecular weight is 410 g/mol. The molecule has 9 heteroatoms. The highest BCUT2D eigenvalue weighted by atomic mass is 16.6. The third-order valence-corrected chi connectivity index (χ3v) is 5.80. The van der Waals surface area contributed by atoms with Crippen LogP contribution in [0.5, 0.6) is 0 Å². The lowest BCUT2D eigenvalue weighted by molar-refractivity contribution is -0.384. The van der Waals surface area contributed by atoms with E-state index in [4.69, 9.17) is 0 Å². The molecular formula is C21H26N6O3. The molecule has 2 aliphatic rings. The van der Waals surface area contributed by atoms with Crippen molar-refractivity contribution >= 4 is 23.1 Å². The van der Waals surface area contributed by atoms with Crippen molar-refractivity contribution < 1.29 is 9.72 Å². The molecule has 1 aromatic carbocycles. The molecule has 1 aromatic heterocycles. The van der Waals surface area contributed by atoms with Crippen LogP contribution in [0, 0.1) is 22.0 Å². The number of fused-ring (bicyclic) bond motifs is 3. The minimum absolute atomic E-state index is 0.00291. The number of nitro groups is 1. The van der Waals surface area contributed by atoms with Crippen molar-refractivity contribution in [1.82, 2.24) is 15.3 Å². The van der Waals surface area contributed by atoms with Gasteiger partial charge >= 0.3 is 0 Å². The molecule has 2 unspecified atom stereocenters. The zero-order valence-corrected chi connectivity index (χ0v) is 17.2. The summed E-state index contributed by atoms with van der Waals surface area (Å²) in [7, 11) is 0. The van der Waals surface area contributed by atoms with Crippen molar-refractivity contribution in [3.8, 4) is 0 Å². The summed E-state index contributed by atoms with van der Waals surface area (Å²) in [4.78, 5) is 37.0. The number of nitro benzene ring substituents is 1. The number of aromatic nitrogens is 2. The van der Waals surface area contributed by atoms with Crippen LogP contribution in [-0.2, 0) is 11.2 Å². The molecular weight excluding hydrogens is 384 g/mol. The number of anilines is 2. The number of benzene rings is 1. The van der Waals surface area contributed by atoms with Gasteiger partial charge in [0.15, 0.2) is 0 Å². The molecule has 0 saturated carbocycles. The number of nitrogens with one attached hydrogen (secondary N) is 1. The van der Waals surface area contributed by atoms with E-state index in [-0.39, 0.29) is 28.5 Å². The Morgan fingerprint density at radius 1 is 1.33 bits per heavy atom. The van der Waals surface area contributed by atoms with Gasteiger partial charge in [0.25, 0.3) is 5.69 Å². The predicted octanol–water partition coefficient (Wildman–Crippen LogP) is 2.02. The topological polar surface area (TPSA) is 104 Å². The second-order valence-electron chi connectivity index (χ2n) is 8.29. The molecule has 0 aliphatic carbocycles. The summed E-state index contributed by atoms with van der Waals surface area (Å²) in [5, 5.41) is 14.3. The lowest BCUT2D eigenvalue weighted by Gasteiger charge is -2.49. The van der Waals surface area contributed by atoms with Crippen LogP contribution in [0.4, 0.5) is 17.2 Å². The Morgan fingerprint density at radius 3 is 2.87 bits per heavy atom. The first-order valence-corrected chi connectivity index (χ1v) is 10.3. The molecule has 0 radical (unpaired) electrons. The Morgan fingerprint density at radius 2 is 2.17 bits per heavy atom. The highest BCUT2D eigenvalue weighted by molar-refractivity contribution is 5.82. The second-order valence-corrected chi connectivity index (χ2v) is 8.29. The van der Waals surface area contributed by atoms with E-state index in [2.05, 4.69) is 38.9 Å². The lowest BCUT2D eigenvalue weighted by Crippen LogP contribution is -2.61. The van der Waals surface area contributed by atoms with Crippen LogP contribution in [0.15, 0.2) is 36.8 Å². The Labute approximate surface area is 175 Å². The van der Waals surface area contributed by atoms with E-state index < -0.39 is 0 Å². The van der Waals surface area contributed by atoms with Crippen LogP contribution < -0.4 is 15.1 Å². The molecule has 1 N–H and O–H groups in total. The molecule has 0 spiro atoms. The van der Waals surface area contributed by atoms with Gasteiger partial charge in [0.05, 0.1) is 23.1 Å². The average Bonchev–Trinajstić information content (AvgIpc) is 2.76. The van der Waals surface area contributed by atoms with E-state index >= 15 is 0 Å². The van der Waals surface area contributed by atoms with Gasteiger partial charge in [-0.1, -0.05) is 13.8 Å². The van der Waals surface area contributed by atoms with Gasteiger partial charge in [-0.15, -0.1) is 0 Å². The van der Waals surface area contributed by atoms with Crippen molar-refractivity contribution in [2.24, 2.45) is 11.8 Å².